The minimum Gasteiger partial charge on any atom is -0.508 e. The lowest BCUT2D eigenvalue weighted by Crippen LogP contribution is -1.93. The Morgan fingerprint density at radius 2 is 2.14 bits per heavy atom. The normalized spacial score (nSPS) is 10.6. The SMILES string of the molecule is O=C(O)c1csc2cc(O)cc(Br)c12. The highest BCUT2D eigenvalue weighted by Crippen LogP contribution is 2.35. The molecule has 0 amide bonds. The number of fused-ring (bicyclic) bond motifs is 1. The van der Waals surface area contributed by atoms with Crippen molar-refractivity contribution in [3.63, 3.8) is 0 Å². The van der Waals surface area contributed by atoms with E-state index in [2.05, 4.69) is 15.9 Å². The van der Waals surface area contributed by atoms with E-state index in [4.69, 9.17) is 5.11 Å². The fraction of sp³-hybridized carbons (Fsp3) is 0. The molecule has 0 atom stereocenters. The van der Waals surface area contributed by atoms with Gasteiger partial charge < -0.3 is 10.2 Å². The van der Waals surface area contributed by atoms with E-state index in [9.17, 15) is 9.90 Å². The van der Waals surface area contributed by atoms with Crippen molar-refractivity contribution in [1.29, 1.82) is 0 Å². The van der Waals surface area contributed by atoms with E-state index in [1.54, 1.807) is 11.4 Å². The molecule has 0 aliphatic rings. The molecule has 0 spiro atoms. The molecule has 0 aliphatic heterocycles. The second kappa shape index (κ2) is 3.25. The average Bonchev–Trinajstić information content (AvgIpc) is 2.47. The summed E-state index contributed by atoms with van der Waals surface area (Å²) in [6.45, 7) is 0. The quantitative estimate of drug-likeness (QED) is 0.839. The van der Waals surface area contributed by atoms with Gasteiger partial charge in [-0.2, -0.15) is 0 Å². The van der Waals surface area contributed by atoms with Crippen LogP contribution in [0.3, 0.4) is 0 Å². The summed E-state index contributed by atoms with van der Waals surface area (Å²) in [5, 5.41) is 20.4. The highest BCUT2D eigenvalue weighted by molar-refractivity contribution is 9.10. The Kier molecular flexibility index (Phi) is 2.20. The van der Waals surface area contributed by atoms with E-state index in [1.165, 1.54) is 17.4 Å². The van der Waals surface area contributed by atoms with Gasteiger partial charge in [-0.25, -0.2) is 4.79 Å². The molecule has 0 fully saturated rings. The Morgan fingerprint density at radius 3 is 2.79 bits per heavy atom. The van der Waals surface area contributed by atoms with E-state index < -0.39 is 5.97 Å². The van der Waals surface area contributed by atoms with Gasteiger partial charge in [-0.3, -0.25) is 0 Å². The number of halogens is 1. The number of rotatable bonds is 1. The number of hydrogen-bond donors (Lipinski definition) is 2. The van der Waals surface area contributed by atoms with Gasteiger partial charge in [0.2, 0.25) is 0 Å². The van der Waals surface area contributed by atoms with E-state index >= 15 is 0 Å². The Hall–Kier alpha value is -1.07. The topological polar surface area (TPSA) is 57.5 Å². The number of aromatic hydroxyl groups is 1. The molecular weight excluding hydrogens is 268 g/mol. The Morgan fingerprint density at radius 1 is 1.43 bits per heavy atom. The fourth-order valence-corrected chi connectivity index (χ4v) is 3.04. The van der Waals surface area contributed by atoms with Crippen molar-refractivity contribution in [1.82, 2.24) is 0 Å². The Labute approximate surface area is 91.7 Å². The first-order chi connectivity index (χ1) is 6.59. The first-order valence-corrected chi connectivity index (χ1v) is 5.40. The second-order valence-electron chi connectivity index (χ2n) is 2.76. The van der Waals surface area contributed by atoms with Crippen molar-refractivity contribution in [2.75, 3.05) is 0 Å². The molecule has 0 unspecified atom stereocenters. The van der Waals surface area contributed by atoms with Crippen LogP contribution in [0.2, 0.25) is 0 Å². The number of benzene rings is 1. The van der Waals surface area contributed by atoms with Gasteiger partial charge in [-0.05, 0) is 28.1 Å². The minimum absolute atomic E-state index is 0.128. The smallest absolute Gasteiger partial charge is 0.337 e. The fourth-order valence-electron chi connectivity index (χ4n) is 1.26. The third-order valence-electron chi connectivity index (χ3n) is 1.84. The van der Waals surface area contributed by atoms with Crippen molar-refractivity contribution in [2.24, 2.45) is 0 Å². The molecule has 1 aromatic carbocycles. The van der Waals surface area contributed by atoms with Crippen LogP contribution < -0.4 is 0 Å². The van der Waals surface area contributed by atoms with Crippen molar-refractivity contribution >= 4 is 43.3 Å². The molecule has 0 bridgehead atoms. The van der Waals surface area contributed by atoms with Crippen LogP contribution in [-0.2, 0) is 0 Å². The van der Waals surface area contributed by atoms with Crippen LogP contribution in [-0.4, -0.2) is 16.2 Å². The monoisotopic (exact) mass is 272 g/mol. The predicted molar refractivity (Wildman–Crippen MR) is 58.1 cm³/mol. The van der Waals surface area contributed by atoms with Gasteiger partial charge in [0.15, 0.2) is 0 Å². The largest absolute Gasteiger partial charge is 0.508 e. The summed E-state index contributed by atoms with van der Waals surface area (Å²) in [7, 11) is 0. The van der Waals surface area contributed by atoms with Gasteiger partial charge in [-0.15, -0.1) is 11.3 Å². The summed E-state index contributed by atoms with van der Waals surface area (Å²) in [6.07, 6.45) is 0. The van der Waals surface area contributed by atoms with Crippen LogP contribution in [0.4, 0.5) is 0 Å². The summed E-state index contributed by atoms with van der Waals surface area (Å²) < 4.78 is 1.36. The van der Waals surface area contributed by atoms with Crippen LogP contribution in [0.25, 0.3) is 10.1 Å². The zero-order chi connectivity index (χ0) is 10.3. The summed E-state index contributed by atoms with van der Waals surface area (Å²) in [4.78, 5) is 10.8. The van der Waals surface area contributed by atoms with Crippen LogP contribution in [0.1, 0.15) is 10.4 Å². The molecule has 0 radical (unpaired) electrons. The molecule has 0 aliphatic carbocycles. The number of carbonyl (C=O) groups is 1. The second-order valence-corrected chi connectivity index (χ2v) is 4.52. The minimum atomic E-state index is -0.956. The van der Waals surface area contributed by atoms with E-state index in [0.29, 0.717) is 9.86 Å². The summed E-state index contributed by atoms with van der Waals surface area (Å²) >= 11 is 4.53. The number of phenolic OH excluding ortho intramolecular Hbond substituents is 1. The van der Waals surface area contributed by atoms with Crippen LogP contribution in [0, 0.1) is 0 Å². The molecule has 3 nitrogen and oxygen atoms in total. The standard InChI is InChI=1S/C9H5BrO3S/c10-6-1-4(11)2-7-8(6)5(3-14-7)9(12)13/h1-3,11H,(H,12,13). The van der Waals surface area contributed by atoms with Crippen molar-refractivity contribution in [2.45, 2.75) is 0 Å². The van der Waals surface area contributed by atoms with Gasteiger partial charge >= 0.3 is 5.97 Å². The van der Waals surface area contributed by atoms with Crippen LogP contribution in [0.15, 0.2) is 22.0 Å². The molecule has 0 saturated carbocycles. The zero-order valence-electron chi connectivity index (χ0n) is 6.82. The first kappa shape index (κ1) is 9.48. The molecule has 2 N–H and O–H groups in total. The van der Waals surface area contributed by atoms with Crippen LogP contribution >= 0.6 is 27.3 Å². The van der Waals surface area contributed by atoms with Gasteiger partial charge in [-0.1, -0.05) is 0 Å². The lowest BCUT2D eigenvalue weighted by molar-refractivity contribution is 0.0699. The van der Waals surface area contributed by atoms with Crippen LogP contribution in [0.5, 0.6) is 5.75 Å². The van der Waals surface area contributed by atoms with Gasteiger partial charge in [0.05, 0.1) is 5.56 Å². The number of carboxylic acids is 1. The highest BCUT2D eigenvalue weighted by atomic mass is 79.9. The molecule has 5 heteroatoms. The van der Waals surface area contributed by atoms with E-state index in [-0.39, 0.29) is 11.3 Å². The summed E-state index contributed by atoms with van der Waals surface area (Å²) in [5.41, 5.74) is 0.261. The van der Waals surface area contributed by atoms with Gasteiger partial charge in [0.1, 0.15) is 5.75 Å². The van der Waals surface area contributed by atoms with E-state index in [0.717, 1.165) is 4.70 Å². The average molecular weight is 273 g/mol. The Balaban J connectivity index is 2.85. The maximum atomic E-state index is 10.8. The van der Waals surface area contributed by atoms with Crippen molar-refractivity contribution in [3.05, 3.63) is 27.5 Å². The number of carboxylic acid groups (broad SMARTS) is 1. The lowest BCUT2D eigenvalue weighted by Gasteiger charge is -1.98. The number of aromatic carboxylic acids is 1. The predicted octanol–water partition coefficient (Wildman–Crippen LogP) is 3.07. The highest BCUT2D eigenvalue weighted by Gasteiger charge is 2.14. The maximum Gasteiger partial charge on any atom is 0.337 e. The lowest BCUT2D eigenvalue weighted by atomic mass is 10.2. The van der Waals surface area contributed by atoms with Crippen molar-refractivity contribution in [3.8, 4) is 5.75 Å². The molecule has 14 heavy (non-hydrogen) atoms. The molecule has 1 heterocycles. The molecule has 1 aromatic heterocycles. The third kappa shape index (κ3) is 1.38. The molecule has 2 aromatic rings. The maximum absolute atomic E-state index is 10.8. The first-order valence-electron chi connectivity index (χ1n) is 3.72. The molecular formula is C9H5BrO3S. The molecule has 2 rings (SSSR count). The van der Waals surface area contributed by atoms with Gasteiger partial charge in [0, 0.05) is 19.9 Å². The van der Waals surface area contributed by atoms with E-state index in [1.807, 2.05) is 0 Å². The molecule has 72 valence electrons. The summed E-state index contributed by atoms with van der Waals surface area (Å²) in [5.74, 6) is -0.828. The van der Waals surface area contributed by atoms with Crippen molar-refractivity contribution < 1.29 is 15.0 Å². The Bertz CT molecular complexity index is 518. The number of phenols is 1. The number of hydrogen-bond acceptors (Lipinski definition) is 3. The number of thiophene rings is 1. The molecule has 0 saturated heterocycles. The summed E-state index contributed by atoms with van der Waals surface area (Å²) in [6, 6.07) is 3.04. The zero-order valence-corrected chi connectivity index (χ0v) is 9.22. The third-order valence-corrected chi connectivity index (χ3v) is 3.40. The van der Waals surface area contributed by atoms with Gasteiger partial charge in [0.25, 0.3) is 0 Å².